The van der Waals surface area contributed by atoms with Gasteiger partial charge >= 0.3 is 0 Å². The van der Waals surface area contributed by atoms with Gasteiger partial charge in [0, 0.05) is 6.07 Å². The highest BCUT2D eigenvalue weighted by molar-refractivity contribution is 5.71. The molecule has 0 bridgehead atoms. The molecule has 0 amide bonds. The Kier molecular flexibility index (Phi) is 2.09. The maximum Gasteiger partial charge on any atom is 0.215 e. The zero-order valence-corrected chi connectivity index (χ0v) is 8.11. The van der Waals surface area contributed by atoms with E-state index in [1.165, 1.54) is 0 Å². The fraction of sp³-hybridized carbons (Fsp3) is 0.333. The van der Waals surface area contributed by atoms with E-state index < -0.39 is 0 Å². The largest absolute Gasteiger partial charge is 0.481 e. The van der Waals surface area contributed by atoms with Crippen molar-refractivity contribution in [2.75, 3.05) is 7.11 Å². The number of hydrogen-bond acceptors (Lipinski definition) is 4. The van der Waals surface area contributed by atoms with Crippen molar-refractivity contribution in [1.29, 1.82) is 0 Å². The lowest BCUT2D eigenvalue weighted by molar-refractivity contribution is 0.399. The summed E-state index contributed by atoms with van der Waals surface area (Å²) in [5, 5.41) is 0. The number of nitrogens with two attached hydrogens (primary N) is 1. The van der Waals surface area contributed by atoms with E-state index in [-0.39, 0.29) is 6.04 Å². The lowest BCUT2D eigenvalue weighted by Crippen LogP contribution is -2.06. The van der Waals surface area contributed by atoms with Gasteiger partial charge in [-0.1, -0.05) is 0 Å². The van der Waals surface area contributed by atoms with E-state index in [0.29, 0.717) is 11.5 Å². The first-order valence-electron chi connectivity index (χ1n) is 4.37. The molecule has 2 aromatic rings. The number of aromatic amines is 1. The molecule has 0 radical (unpaired) electrons. The number of ether oxygens (including phenoxy) is 1. The number of methoxy groups -OCH3 is 1. The van der Waals surface area contributed by atoms with Gasteiger partial charge in [0.05, 0.1) is 18.7 Å². The summed E-state index contributed by atoms with van der Waals surface area (Å²) in [6, 6.07) is 3.54. The molecule has 0 saturated carbocycles. The average Bonchev–Trinajstić information content (AvgIpc) is 2.59. The summed E-state index contributed by atoms with van der Waals surface area (Å²) in [5.74, 6) is 1.29. The molecule has 2 aromatic heterocycles. The molecule has 5 heteroatoms. The Morgan fingerprint density at radius 1 is 1.43 bits per heavy atom. The van der Waals surface area contributed by atoms with Crippen LogP contribution in [-0.2, 0) is 0 Å². The maximum atomic E-state index is 5.70. The number of imidazole rings is 1. The summed E-state index contributed by atoms with van der Waals surface area (Å²) >= 11 is 0. The highest BCUT2D eigenvalue weighted by Crippen LogP contribution is 2.16. The molecule has 0 aliphatic carbocycles. The number of aromatic nitrogens is 3. The third-order valence-corrected chi connectivity index (χ3v) is 1.98. The summed E-state index contributed by atoms with van der Waals surface area (Å²) in [6.45, 7) is 1.87. The fourth-order valence-electron chi connectivity index (χ4n) is 1.22. The SMILES string of the molecule is COc1ccc2[nH]c(C(C)N)nc2n1. The van der Waals surface area contributed by atoms with Crippen LogP contribution in [0.3, 0.4) is 0 Å². The van der Waals surface area contributed by atoms with Gasteiger partial charge < -0.3 is 15.5 Å². The first-order chi connectivity index (χ1) is 6.70. The second-order valence-corrected chi connectivity index (χ2v) is 3.14. The molecular weight excluding hydrogens is 180 g/mol. The molecule has 0 saturated heterocycles. The highest BCUT2D eigenvalue weighted by atomic mass is 16.5. The lowest BCUT2D eigenvalue weighted by Gasteiger charge is -1.96. The minimum Gasteiger partial charge on any atom is -0.481 e. The smallest absolute Gasteiger partial charge is 0.215 e. The molecule has 1 atom stereocenters. The van der Waals surface area contributed by atoms with E-state index in [1.807, 2.05) is 13.0 Å². The van der Waals surface area contributed by atoms with Crippen LogP contribution in [0.5, 0.6) is 5.88 Å². The second kappa shape index (κ2) is 3.26. The molecule has 0 aliphatic heterocycles. The lowest BCUT2D eigenvalue weighted by atomic mass is 10.3. The molecule has 2 rings (SSSR count). The standard InChI is InChI=1S/C9H12N4O/c1-5(10)8-11-6-3-4-7(14-2)12-9(6)13-8/h3-5H,10H2,1-2H3,(H,11,12,13). The number of H-pyrrole nitrogens is 1. The van der Waals surface area contributed by atoms with Gasteiger partial charge in [-0.25, -0.2) is 4.98 Å². The first-order valence-corrected chi connectivity index (χ1v) is 4.37. The molecule has 0 fully saturated rings. The quantitative estimate of drug-likeness (QED) is 0.743. The number of fused-ring (bicyclic) bond motifs is 1. The van der Waals surface area contributed by atoms with E-state index in [4.69, 9.17) is 10.5 Å². The van der Waals surface area contributed by atoms with E-state index in [2.05, 4.69) is 15.0 Å². The van der Waals surface area contributed by atoms with Crippen LogP contribution in [0, 0.1) is 0 Å². The summed E-state index contributed by atoms with van der Waals surface area (Å²) in [7, 11) is 1.58. The van der Waals surface area contributed by atoms with Crippen molar-refractivity contribution in [3.63, 3.8) is 0 Å². The summed E-state index contributed by atoms with van der Waals surface area (Å²) in [5.41, 5.74) is 7.20. The Hall–Kier alpha value is -1.62. The Bertz CT molecular complexity index is 449. The Balaban J connectivity index is 2.54. The van der Waals surface area contributed by atoms with Gasteiger partial charge in [-0.3, -0.25) is 0 Å². The number of nitrogens with zero attached hydrogens (tertiary/aromatic N) is 2. The van der Waals surface area contributed by atoms with E-state index in [1.54, 1.807) is 13.2 Å². The molecule has 3 N–H and O–H groups in total. The Morgan fingerprint density at radius 3 is 2.86 bits per heavy atom. The third kappa shape index (κ3) is 1.42. The minimum atomic E-state index is -0.116. The van der Waals surface area contributed by atoms with Gasteiger partial charge in [0.1, 0.15) is 5.82 Å². The molecule has 2 heterocycles. The Morgan fingerprint density at radius 2 is 2.21 bits per heavy atom. The van der Waals surface area contributed by atoms with Crippen molar-refractivity contribution in [3.8, 4) is 5.88 Å². The average molecular weight is 192 g/mol. The number of hydrogen-bond donors (Lipinski definition) is 2. The van der Waals surface area contributed by atoms with Crippen LogP contribution in [0.2, 0.25) is 0 Å². The molecule has 0 spiro atoms. The molecule has 0 aromatic carbocycles. The van der Waals surface area contributed by atoms with E-state index in [9.17, 15) is 0 Å². The maximum absolute atomic E-state index is 5.70. The van der Waals surface area contributed by atoms with Crippen LogP contribution in [0.1, 0.15) is 18.8 Å². The number of nitrogens with one attached hydrogen (secondary N) is 1. The summed E-state index contributed by atoms with van der Waals surface area (Å²) in [6.07, 6.45) is 0. The predicted molar refractivity (Wildman–Crippen MR) is 53.0 cm³/mol. The first kappa shape index (κ1) is 8.96. The molecule has 14 heavy (non-hydrogen) atoms. The van der Waals surface area contributed by atoms with E-state index in [0.717, 1.165) is 11.3 Å². The van der Waals surface area contributed by atoms with Crippen LogP contribution in [0.25, 0.3) is 11.2 Å². The molecule has 5 nitrogen and oxygen atoms in total. The van der Waals surface area contributed by atoms with E-state index >= 15 is 0 Å². The molecule has 1 unspecified atom stereocenters. The molecular formula is C9H12N4O. The van der Waals surface area contributed by atoms with Gasteiger partial charge in [0.2, 0.25) is 5.88 Å². The van der Waals surface area contributed by atoms with Gasteiger partial charge in [-0.05, 0) is 13.0 Å². The van der Waals surface area contributed by atoms with Gasteiger partial charge in [-0.2, -0.15) is 4.98 Å². The van der Waals surface area contributed by atoms with Crippen molar-refractivity contribution in [1.82, 2.24) is 15.0 Å². The highest BCUT2D eigenvalue weighted by Gasteiger charge is 2.07. The number of pyridine rings is 1. The van der Waals surface area contributed by atoms with Gasteiger partial charge in [-0.15, -0.1) is 0 Å². The summed E-state index contributed by atoms with van der Waals surface area (Å²) in [4.78, 5) is 11.5. The van der Waals surface area contributed by atoms with Crippen molar-refractivity contribution in [3.05, 3.63) is 18.0 Å². The minimum absolute atomic E-state index is 0.116. The van der Waals surface area contributed by atoms with Crippen molar-refractivity contribution < 1.29 is 4.74 Å². The number of rotatable bonds is 2. The van der Waals surface area contributed by atoms with Crippen molar-refractivity contribution in [2.45, 2.75) is 13.0 Å². The van der Waals surface area contributed by atoms with Crippen LogP contribution in [-0.4, -0.2) is 22.1 Å². The van der Waals surface area contributed by atoms with Gasteiger partial charge in [0.25, 0.3) is 0 Å². The predicted octanol–water partition coefficient (Wildman–Crippen LogP) is 0.986. The zero-order valence-electron chi connectivity index (χ0n) is 8.11. The van der Waals surface area contributed by atoms with Crippen LogP contribution < -0.4 is 10.5 Å². The van der Waals surface area contributed by atoms with Crippen molar-refractivity contribution in [2.24, 2.45) is 5.73 Å². The third-order valence-electron chi connectivity index (χ3n) is 1.98. The molecule has 74 valence electrons. The molecule has 0 aliphatic rings. The van der Waals surface area contributed by atoms with Gasteiger partial charge in [0.15, 0.2) is 5.65 Å². The normalized spacial score (nSPS) is 13.1. The van der Waals surface area contributed by atoms with Crippen LogP contribution in [0.4, 0.5) is 0 Å². The van der Waals surface area contributed by atoms with Crippen LogP contribution in [0.15, 0.2) is 12.1 Å². The van der Waals surface area contributed by atoms with Crippen LogP contribution >= 0.6 is 0 Å². The van der Waals surface area contributed by atoms with Crippen molar-refractivity contribution >= 4 is 11.2 Å². The topological polar surface area (TPSA) is 76.8 Å². The monoisotopic (exact) mass is 192 g/mol. The summed E-state index contributed by atoms with van der Waals surface area (Å²) < 4.78 is 5.00. The zero-order chi connectivity index (χ0) is 10.1. The second-order valence-electron chi connectivity index (χ2n) is 3.14. The fourth-order valence-corrected chi connectivity index (χ4v) is 1.22. The Labute approximate surface area is 81.3 Å².